The first-order valence-electron chi connectivity index (χ1n) is 9.09. The van der Waals surface area contributed by atoms with Crippen LogP contribution in [0.3, 0.4) is 0 Å². The summed E-state index contributed by atoms with van der Waals surface area (Å²) in [5.41, 5.74) is -1.36. The van der Waals surface area contributed by atoms with Crippen LogP contribution in [0.2, 0.25) is 0 Å². The van der Waals surface area contributed by atoms with Crippen LogP contribution in [0.25, 0.3) is 0 Å². The minimum atomic E-state index is -4.62. The lowest BCUT2D eigenvalue weighted by Crippen LogP contribution is -2.53. The zero-order chi connectivity index (χ0) is 21.0. The number of thioether (sulfide) groups is 1. The topological polar surface area (TPSA) is 69.7 Å². The molecule has 0 spiro atoms. The second-order valence-electron chi connectivity index (χ2n) is 6.67. The molecule has 3 rings (SSSR count). The summed E-state index contributed by atoms with van der Waals surface area (Å²) in [6, 6.07) is 4.68. The maximum atomic E-state index is 13.1. The molecule has 1 unspecified atom stereocenters. The van der Waals surface area contributed by atoms with Crippen LogP contribution in [0.5, 0.6) is 0 Å². The van der Waals surface area contributed by atoms with Crippen molar-refractivity contribution in [1.82, 2.24) is 15.1 Å². The molecule has 2 heterocycles. The van der Waals surface area contributed by atoms with Gasteiger partial charge in [-0.1, -0.05) is 18.2 Å². The SMILES string of the molecule is O=C(NCC(=O)N1CCN(C(=O)c2ccccc2C(F)(F)F)CC1)C1CC=CS1. The molecule has 1 aromatic rings. The minimum Gasteiger partial charge on any atom is -0.346 e. The van der Waals surface area contributed by atoms with Crippen LogP contribution in [-0.4, -0.2) is 65.5 Å². The first-order valence-corrected chi connectivity index (χ1v) is 10.0. The fourth-order valence-electron chi connectivity index (χ4n) is 3.19. The molecule has 2 aliphatic heterocycles. The molecule has 0 aromatic heterocycles. The molecular weight excluding hydrogens is 407 g/mol. The summed E-state index contributed by atoms with van der Waals surface area (Å²) < 4.78 is 39.4. The van der Waals surface area contributed by atoms with Gasteiger partial charge in [0.15, 0.2) is 0 Å². The van der Waals surface area contributed by atoms with Crippen LogP contribution < -0.4 is 5.32 Å². The van der Waals surface area contributed by atoms with Crippen LogP contribution in [-0.2, 0) is 15.8 Å². The Bertz CT molecular complexity index is 812. The van der Waals surface area contributed by atoms with Crippen molar-refractivity contribution in [2.24, 2.45) is 0 Å². The number of nitrogens with one attached hydrogen (secondary N) is 1. The molecule has 10 heteroatoms. The van der Waals surface area contributed by atoms with Crippen LogP contribution >= 0.6 is 11.8 Å². The summed E-state index contributed by atoms with van der Waals surface area (Å²) in [6.07, 6.45) is -2.09. The summed E-state index contributed by atoms with van der Waals surface area (Å²) in [5.74, 6) is -1.19. The summed E-state index contributed by atoms with van der Waals surface area (Å²) >= 11 is 1.40. The predicted octanol–water partition coefficient (Wildman–Crippen LogP) is 2.13. The number of alkyl halides is 3. The zero-order valence-corrected chi connectivity index (χ0v) is 16.3. The fraction of sp³-hybridized carbons (Fsp3) is 0.421. The monoisotopic (exact) mass is 427 g/mol. The highest BCUT2D eigenvalue weighted by Gasteiger charge is 2.36. The third kappa shape index (κ3) is 5.11. The molecule has 0 saturated carbocycles. The van der Waals surface area contributed by atoms with Gasteiger partial charge < -0.3 is 15.1 Å². The third-order valence-corrected chi connectivity index (χ3v) is 5.86. The Morgan fingerprint density at radius 1 is 1.07 bits per heavy atom. The van der Waals surface area contributed by atoms with Crippen LogP contribution in [0, 0.1) is 0 Å². The van der Waals surface area contributed by atoms with E-state index >= 15 is 0 Å². The van der Waals surface area contributed by atoms with Gasteiger partial charge in [0.25, 0.3) is 5.91 Å². The van der Waals surface area contributed by atoms with Crippen molar-refractivity contribution >= 4 is 29.5 Å². The average molecular weight is 427 g/mol. The van der Waals surface area contributed by atoms with Crippen molar-refractivity contribution in [3.05, 3.63) is 46.9 Å². The fourth-order valence-corrected chi connectivity index (χ4v) is 4.03. The van der Waals surface area contributed by atoms with Crippen LogP contribution in [0.15, 0.2) is 35.7 Å². The molecule has 1 aromatic carbocycles. The lowest BCUT2D eigenvalue weighted by atomic mass is 10.1. The molecule has 1 atom stereocenters. The lowest BCUT2D eigenvalue weighted by molar-refractivity contribution is -0.138. The number of hydrogen-bond acceptors (Lipinski definition) is 4. The maximum Gasteiger partial charge on any atom is 0.417 e. The lowest BCUT2D eigenvalue weighted by Gasteiger charge is -2.35. The van der Waals surface area contributed by atoms with Crippen molar-refractivity contribution in [2.75, 3.05) is 32.7 Å². The summed E-state index contributed by atoms with van der Waals surface area (Å²) in [7, 11) is 0. The molecule has 29 heavy (non-hydrogen) atoms. The van der Waals surface area contributed by atoms with Gasteiger partial charge in [-0.2, -0.15) is 13.2 Å². The van der Waals surface area contributed by atoms with E-state index in [-0.39, 0.29) is 49.8 Å². The van der Waals surface area contributed by atoms with E-state index in [9.17, 15) is 27.6 Å². The van der Waals surface area contributed by atoms with E-state index in [1.807, 2.05) is 11.5 Å². The van der Waals surface area contributed by atoms with Gasteiger partial charge in [-0.3, -0.25) is 14.4 Å². The van der Waals surface area contributed by atoms with E-state index in [0.717, 1.165) is 12.1 Å². The number of benzene rings is 1. The van der Waals surface area contributed by atoms with Crippen molar-refractivity contribution in [2.45, 2.75) is 17.8 Å². The highest BCUT2D eigenvalue weighted by atomic mass is 32.2. The Morgan fingerprint density at radius 3 is 2.34 bits per heavy atom. The number of halogens is 3. The van der Waals surface area contributed by atoms with Crippen LogP contribution in [0.1, 0.15) is 22.3 Å². The number of nitrogens with zero attached hydrogens (tertiary/aromatic N) is 2. The number of rotatable bonds is 4. The van der Waals surface area contributed by atoms with E-state index < -0.39 is 23.2 Å². The number of carbonyl (C=O) groups is 3. The Balaban J connectivity index is 1.52. The summed E-state index contributed by atoms with van der Waals surface area (Å²) in [6.45, 7) is 0.531. The van der Waals surface area contributed by atoms with Gasteiger partial charge >= 0.3 is 6.18 Å². The molecule has 1 saturated heterocycles. The number of amides is 3. The van der Waals surface area contributed by atoms with Crippen molar-refractivity contribution in [1.29, 1.82) is 0 Å². The second kappa shape index (κ2) is 8.89. The molecular formula is C19H20F3N3O3S. The number of carbonyl (C=O) groups excluding carboxylic acids is 3. The normalized spacial score (nSPS) is 19.3. The van der Waals surface area contributed by atoms with E-state index in [1.54, 1.807) is 0 Å². The second-order valence-corrected chi connectivity index (χ2v) is 7.78. The van der Waals surface area contributed by atoms with E-state index in [4.69, 9.17) is 0 Å². The minimum absolute atomic E-state index is 0.132. The Hall–Kier alpha value is -2.49. The number of piperazine rings is 1. The largest absolute Gasteiger partial charge is 0.417 e. The Labute approximate surface area is 170 Å². The summed E-state index contributed by atoms with van der Waals surface area (Å²) in [4.78, 5) is 39.6. The highest BCUT2D eigenvalue weighted by Crippen LogP contribution is 2.32. The van der Waals surface area contributed by atoms with Gasteiger partial charge in [-0.15, -0.1) is 11.8 Å². The van der Waals surface area contributed by atoms with Gasteiger partial charge in [-0.05, 0) is 24.0 Å². The first-order chi connectivity index (χ1) is 13.8. The maximum absolute atomic E-state index is 13.1. The predicted molar refractivity (Wildman–Crippen MR) is 102 cm³/mol. The van der Waals surface area contributed by atoms with Crippen molar-refractivity contribution in [3.8, 4) is 0 Å². The molecule has 0 bridgehead atoms. The average Bonchev–Trinajstić information content (AvgIpc) is 3.26. The van der Waals surface area contributed by atoms with Gasteiger partial charge in [0, 0.05) is 26.2 Å². The molecule has 1 N–H and O–H groups in total. The van der Waals surface area contributed by atoms with E-state index in [1.165, 1.54) is 33.7 Å². The summed E-state index contributed by atoms with van der Waals surface area (Å²) in [5, 5.41) is 4.24. The Kier molecular flexibility index (Phi) is 6.51. The quantitative estimate of drug-likeness (QED) is 0.799. The van der Waals surface area contributed by atoms with Gasteiger partial charge in [0.2, 0.25) is 11.8 Å². The third-order valence-electron chi connectivity index (χ3n) is 4.78. The molecule has 0 aliphatic carbocycles. The van der Waals surface area contributed by atoms with Gasteiger partial charge in [0.1, 0.15) is 0 Å². The Morgan fingerprint density at radius 2 is 1.72 bits per heavy atom. The van der Waals surface area contributed by atoms with Crippen molar-refractivity contribution in [3.63, 3.8) is 0 Å². The zero-order valence-electron chi connectivity index (χ0n) is 15.4. The van der Waals surface area contributed by atoms with Crippen molar-refractivity contribution < 1.29 is 27.6 Å². The number of allylic oxidation sites excluding steroid dienone is 1. The van der Waals surface area contributed by atoms with Crippen LogP contribution in [0.4, 0.5) is 13.2 Å². The molecule has 156 valence electrons. The van der Waals surface area contributed by atoms with E-state index in [0.29, 0.717) is 6.42 Å². The molecule has 2 aliphatic rings. The standard InChI is InChI=1S/C19H20F3N3O3S/c20-19(21,22)14-5-2-1-4-13(14)18(28)25-9-7-24(8-10-25)16(26)12-23-17(27)15-6-3-11-29-15/h1-5,11,15H,6-10,12H2,(H,23,27). The van der Waals surface area contributed by atoms with Gasteiger partial charge in [-0.25, -0.2) is 0 Å². The van der Waals surface area contributed by atoms with Gasteiger partial charge in [0.05, 0.1) is 22.9 Å². The van der Waals surface area contributed by atoms with E-state index in [2.05, 4.69) is 5.32 Å². The first kappa shape index (κ1) is 21.2. The molecule has 0 radical (unpaired) electrons. The smallest absolute Gasteiger partial charge is 0.346 e. The highest BCUT2D eigenvalue weighted by molar-refractivity contribution is 8.03. The number of hydrogen-bond donors (Lipinski definition) is 1. The molecule has 6 nitrogen and oxygen atoms in total. The molecule has 3 amide bonds. The molecule has 1 fully saturated rings.